The molecule has 1 saturated carbocycles. The Morgan fingerprint density at radius 3 is 2.36 bits per heavy atom. The van der Waals surface area contributed by atoms with Crippen LogP contribution < -0.4 is 16.2 Å². The number of hydrogen-bond donors (Lipinski definition) is 2. The molecule has 3 heteroatoms. The van der Waals surface area contributed by atoms with Crippen molar-refractivity contribution in [2.45, 2.75) is 95.1 Å². The first-order chi connectivity index (χ1) is 13.6. The number of unbranched alkanes of at least 4 members (excludes halogenated alkanes) is 4. The van der Waals surface area contributed by atoms with E-state index in [-0.39, 0.29) is 0 Å². The molecular formula is C25H38N2O. The van der Waals surface area contributed by atoms with Crippen LogP contribution in [-0.2, 0) is 5.41 Å². The molecule has 0 amide bonds. The molecule has 28 heavy (non-hydrogen) atoms. The Labute approximate surface area is 171 Å². The second-order valence-corrected chi connectivity index (χ2v) is 8.81. The van der Waals surface area contributed by atoms with Gasteiger partial charge in [0.2, 0.25) is 0 Å². The van der Waals surface area contributed by atoms with Gasteiger partial charge in [-0.3, -0.25) is 5.73 Å². The molecule has 2 aliphatic rings. The SMILES string of the molecule is CCCCCCCC1(c2ccc(OC3(N)C=CCC(N)=C3)cc2)CCCCC1. The number of allylic oxidation sites excluding steroid dienone is 1. The van der Waals surface area contributed by atoms with E-state index in [1.165, 1.54) is 76.2 Å². The van der Waals surface area contributed by atoms with E-state index in [1.807, 2.05) is 12.2 Å². The third-order valence-electron chi connectivity index (χ3n) is 6.47. The highest BCUT2D eigenvalue weighted by Crippen LogP contribution is 2.44. The van der Waals surface area contributed by atoms with Crippen LogP contribution in [0.5, 0.6) is 5.75 Å². The van der Waals surface area contributed by atoms with Crippen molar-refractivity contribution in [1.29, 1.82) is 0 Å². The molecule has 0 heterocycles. The first kappa shape index (κ1) is 21.0. The van der Waals surface area contributed by atoms with Crippen LogP contribution >= 0.6 is 0 Å². The molecule has 1 aromatic rings. The molecule has 0 radical (unpaired) electrons. The molecule has 1 unspecified atom stereocenters. The van der Waals surface area contributed by atoms with Gasteiger partial charge in [-0.15, -0.1) is 0 Å². The third kappa shape index (κ3) is 5.41. The topological polar surface area (TPSA) is 61.3 Å². The summed E-state index contributed by atoms with van der Waals surface area (Å²) in [6.07, 6.45) is 21.2. The van der Waals surface area contributed by atoms with Gasteiger partial charge in [0.25, 0.3) is 0 Å². The van der Waals surface area contributed by atoms with Crippen molar-refractivity contribution < 1.29 is 4.74 Å². The van der Waals surface area contributed by atoms with E-state index in [0.717, 1.165) is 17.9 Å². The molecule has 3 rings (SSSR count). The van der Waals surface area contributed by atoms with Crippen LogP contribution in [0.4, 0.5) is 0 Å². The molecule has 0 aromatic heterocycles. The number of hydrogen-bond acceptors (Lipinski definition) is 3. The summed E-state index contributed by atoms with van der Waals surface area (Å²) < 4.78 is 6.05. The highest BCUT2D eigenvalue weighted by Gasteiger charge is 2.33. The minimum Gasteiger partial charge on any atom is -0.466 e. The van der Waals surface area contributed by atoms with Crippen LogP contribution in [0.15, 0.2) is 48.2 Å². The molecule has 0 spiro atoms. The van der Waals surface area contributed by atoms with E-state index in [4.69, 9.17) is 16.2 Å². The van der Waals surface area contributed by atoms with Gasteiger partial charge in [0.1, 0.15) is 5.75 Å². The summed E-state index contributed by atoms with van der Waals surface area (Å²) in [6, 6.07) is 8.72. The van der Waals surface area contributed by atoms with Gasteiger partial charge in [-0.1, -0.05) is 76.5 Å². The molecule has 0 aliphatic heterocycles. The van der Waals surface area contributed by atoms with Crippen molar-refractivity contribution in [3.05, 3.63) is 53.8 Å². The van der Waals surface area contributed by atoms with Gasteiger partial charge in [-0.2, -0.15) is 0 Å². The zero-order valence-electron chi connectivity index (χ0n) is 17.6. The fourth-order valence-corrected chi connectivity index (χ4v) is 4.90. The largest absolute Gasteiger partial charge is 0.466 e. The molecule has 4 N–H and O–H groups in total. The van der Waals surface area contributed by atoms with Crippen LogP contribution in [0, 0.1) is 0 Å². The summed E-state index contributed by atoms with van der Waals surface area (Å²) in [5.74, 6) is 0.802. The zero-order valence-corrected chi connectivity index (χ0v) is 17.6. The lowest BCUT2D eigenvalue weighted by Crippen LogP contribution is -2.43. The summed E-state index contributed by atoms with van der Waals surface area (Å²) in [4.78, 5) is 0. The lowest BCUT2D eigenvalue weighted by Gasteiger charge is -2.38. The maximum atomic E-state index is 6.33. The maximum Gasteiger partial charge on any atom is 0.199 e. The Bertz CT molecular complexity index is 670. The van der Waals surface area contributed by atoms with Crippen molar-refractivity contribution in [2.24, 2.45) is 11.5 Å². The molecule has 2 aliphatic carbocycles. The standard InChI is InChI=1S/C25H38N2O/c1-2-3-4-5-7-16-24(17-8-6-9-18-24)21-12-14-23(15-13-21)28-25(27)19-10-11-22(26)20-25/h10,12-15,19-20H,2-9,11,16-18,26-27H2,1H3. The van der Waals surface area contributed by atoms with Gasteiger partial charge in [0.05, 0.1) is 0 Å². The Morgan fingerprint density at radius 1 is 0.964 bits per heavy atom. The normalized spacial score (nSPS) is 24.0. The number of benzene rings is 1. The van der Waals surface area contributed by atoms with Crippen molar-refractivity contribution in [1.82, 2.24) is 0 Å². The fourth-order valence-electron chi connectivity index (χ4n) is 4.90. The van der Waals surface area contributed by atoms with Crippen LogP contribution in [-0.4, -0.2) is 5.72 Å². The van der Waals surface area contributed by atoms with E-state index in [2.05, 4.69) is 31.2 Å². The van der Waals surface area contributed by atoms with Crippen LogP contribution in [0.25, 0.3) is 0 Å². The Balaban J connectivity index is 1.68. The van der Waals surface area contributed by atoms with Crippen molar-refractivity contribution in [3.8, 4) is 5.75 Å². The number of rotatable bonds is 9. The van der Waals surface area contributed by atoms with Gasteiger partial charge in [0, 0.05) is 12.1 Å². The van der Waals surface area contributed by atoms with Crippen LogP contribution in [0.1, 0.15) is 89.5 Å². The molecule has 0 bridgehead atoms. The average Bonchev–Trinajstić information content (AvgIpc) is 2.68. The summed E-state index contributed by atoms with van der Waals surface area (Å²) in [5.41, 5.74) is 13.9. The zero-order chi connectivity index (χ0) is 19.9. The molecular weight excluding hydrogens is 344 g/mol. The lowest BCUT2D eigenvalue weighted by molar-refractivity contribution is 0.176. The van der Waals surface area contributed by atoms with Gasteiger partial charge < -0.3 is 10.5 Å². The van der Waals surface area contributed by atoms with Crippen LogP contribution in [0.3, 0.4) is 0 Å². The quantitative estimate of drug-likeness (QED) is 0.309. The van der Waals surface area contributed by atoms with Crippen molar-refractivity contribution in [3.63, 3.8) is 0 Å². The van der Waals surface area contributed by atoms with Gasteiger partial charge >= 0.3 is 0 Å². The molecule has 3 nitrogen and oxygen atoms in total. The maximum absolute atomic E-state index is 6.33. The highest BCUT2D eigenvalue weighted by molar-refractivity contribution is 5.35. The Kier molecular flexibility index (Phi) is 7.23. The van der Waals surface area contributed by atoms with Crippen molar-refractivity contribution >= 4 is 0 Å². The van der Waals surface area contributed by atoms with Crippen LogP contribution in [0.2, 0.25) is 0 Å². The molecule has 1 fully saturated rings. The number of ether oxygens (including phenoxy) is 1. The highest BCUT2D eigenvalue weighted by atomic mass is 16.5. The third-order valence-corrected chi connectivity index (χ3v) is 6.47. The fraction of sp³-hybridized carbons (Fsp3) is 0.600. The average molecular weight is 383 g/mol. The smallest absolute Gasteiger partial charge is 0.199 e. The summed E-state index contributed by atoms with van der Waals surface area (Å²) in [6.45, 7) is 2.28. The van der Waals surface area contributed by atoms with Gasteiger partial charge in [0.15, 0.2) is 5.72 Å². The predicted octanol–water partition coefficient (Wildman–Crippen LogP) is 6.09. The van der Waals surface area contributed by atoms with Crippen molar-refractivity contribution in [2.75, 3.05) is 0 Å². The van der Waals surface area contributed by atoms with Gasteiger partial charge in [-0.05, 0) is 54.5 Å². The monoisotopic (exact) mass is 382 g/mol. The minimum atomic E-state index is -0.939. The summed E-state index contributed by atoms with van der Waals surface area (Å²) >= 11 is 0. The second-order valence-electron chi connectivity index (χ2n) is 8.81. The first-order valence-electron chi connectivity index (χ1n) is 11.3. The molecule has 154 valence electrons. The second kappa shape index (κ2) is 9.65. The summed E-state index contributed by atoms with van der Waals surface area (Å²) in [7, 11) is 0. The predicted molar refractivity (Wildman–Crippen MR) is 118 cm³/mol. The first-order valence-corrected chi connectivity index (χ1v) is 11.3. The Morgan fingerprint density at radius 2 is 1.68 bits per heavy atom. The molecule has 0 saturated heterocycles. The van der Waals surface area contributed by atoms with E-state index in [9.17, 15) is 0 Å². The van der Waals surface area contributed by atoms with E-state index in [0.29, 0.717) is 5.41 Å². The summed E-state index contributed by atoms with van der Waals surface area (Å²) in [5, 5.41) is 0. The lowest BCUT2D eigenvalue weighted by atomic mass is 9.66. The van der Waals surface area contributed by atoms with E-state index >= 15 is 0 Å². The van der Waals surface area contributed by atoms with Gasteiger partial charge in [-0.25, -0.2) is 0 Å². The van der Waals surface area contributed by atoms with E-state index in [1.54, 1.807) is 6.08 Å². The molecule has 1 aromatic carbocycles. The molecule has 1 atom stereocenters. The number of nitrogens with two attached hydrogens (primary N) is 2. The van der Waals surface area contributed by atoms with E-state index < -0.39 is 5.72 Å². The Hall–Kier alpha value is -1.74. The minimum absolute atomic E-state index is 0.360.